The summed E-state index contributed by atoms with van der Waals surface area (Å²) < 4.78 is 5.47. The highest BCUT2D eigenvalue weighted by atomic mass is 16.5. The van der Waals surface area contributed by atoms with Gasteiger partial charge >= 0.3 is 0 Å². The van der Waals surface area contributed by atoms with Crippen LogP contribution in [0.15, 0.2) is 48.8 Å². The summed E-state index contributed by atoms with van der Waals surface area (Å²) in [6.07, 6.45) is 3.21. The molecule has 1 aromatic carbocycles. The number of rotatable bonds is 3. The van der Waals surface area contributed by atoms with Gasteiger partial charge in [0, 0.05) is 44.5 Å². The van der Waals surface area contributed by atoms with E-state index >= 15 is 0 Å². The molecule has 1 aliphatic rings. The molecule has 1 fully saturated rings. The number of ether oxygens (including phenoxy) is 1. The lowest BCUT2D eigenvalue weighted by Gasteiger charge is -2.41. The van der Waals surface area contributed by atoms with Crippen LogP contribution in [0.2, 0.25) is 0 Å². The van der Waals surface area contributed by atoms with Gasteiger partial charge in [0.2, 0.25) is 5.91 Å². The molecule has 6 nitrogen and oxygen atoms in total. The Bertz CT molecular complexity index is 764. The van der Waals surface area contributed by atoms with Gasteiger partial charge in [-0.3, -0.25) is 14.6 Å². The van der Waals surface area contributed by atoms with Crippen LogP contribution in [-0.4, -0.2) is 53.3 Å². The Labute approximate surface area is 147 Å². The van der Waals surface area contributed by atoms with Crippen molar-refractivity contribution in [2.75, 3.05) is 26.7 Å². The SMILES string of the molecule is COc1ccccc1[C@@H]1CN(C(C)=O)CCN1C(=O)c1cccnc1. The average Bonchev–Trinajstić information content (AvgIpc) is 2.67. The van der Waals surface area contributed by atoms with Crippen LogP contribution in [0.1, 0.15) is 28.9 Å². The molecule has 3 rings (SSSR count). The van der Waals surface area contributed by atoms with Crippen LogP contribution in [0.3, 0.4) is 0 Å². The predicted octanol–water partition coefficient (Wildman–Crippen LogP) is 2.14. The number of nitrogens with zero attached hydrogens (tertiary/aromatic N) is 3. The number of piperazine rings is 1. The Hall–Kier alpha value is -2.89. The molecule has 0 N–H and O–H groups in total. The number of pyridine rings is 1. The zero-order valence-electron chi connectivity index (χ0n) is 14.4. The lowest BCUT2D eigenvalue weighted by atomic mass is 10.00. The second-order valence-electron chi connectivity index (χ2n) is 5.96. The van der Waals surface area contributed by atoms with Crippen molar-refractivity contribution < 1.29 is 14.3 Å². The Morgan fingerprint density at radius 1 is 1.16 bits per heavy atom. The van der Waals surface area contributed by atoms with Crippen LogP contribution in [0.25, 0.3) is 0 Å². The first-order valence-corrected chi connectivity index (χ1v) is 8.21. The lowest BCUT2D eigenvalue weighted by molar-refractivity contribution is -0.131. The molecule has 25 heavy (non-hydrogen) atoms. The highest BCUT2D eigenvalue weighted by molar-refractivity contribution is 5.94. The van der Waals surface area contributed by atoms with Gasteiger partial charge in [0.25, 0.3) is 5.91 Å². The van der Waals surface area contributed by atoms with Crippen molar-refractivity contribution in [1.29, 1.82) is 0 Å². The Kier molecular flexibility index (Phi) is 4.97. The summed E-state index contributed by atoms with van der Waals surface area (Å²) >= 11 is 0. The molecule has 0 spiro atoms. The second kappa shape index (κ2) is 7.34. The van der Waals surface area contributed by atoms with E-state index in [-0.39, 0.29) is 17.9 Å². The van der Waals surface area contributed by atoms with Crippen molar-refractivity contribution in [3.05, 3.63) is 59.9 Å². The van der Waals surface area contributed by atoms with Gasteiger partial charge < -0.3 is 14.5 Å². The van der Waals surface area contributed by atoms with E-state index in [4.69, 9.17) is 4.74 Å². The van der Waals surface area contributed by atoms with Gasteiger partial charge in [-0.2, -0.15) is 0 Å². The van der Waals surface area contributed by atoms with Gasteiger partial charge in [-0.05, 0) is 18.2 Å². The summed E-state index contributed by atoms with van der Waals surface area (Å²) in [5.74, 6) is 0.627. The topological polar surface area (TPSA) is 62.7 Å². The molecule has 1 atom stereocenters. The molecule has 2 amide bonds. The molecular weight excluding hydrogens is 318 g/mol. The van der Waals surface area contributed by atoms with Crippen molar-refractivity contribution in [3.63, 3.8) is 0 Å². The fourth-order valence-electron chi connectivity index (χ4n) is 3.18. The maximum absolute atomic E-state index is 13.0. The summed E-state index contributed by atoms with van der Waals surface area (Å²) in [5, 5.41) is 0. The number of methoxy groups -OCH3 is 1. The molecular formula is C19H21N3O3. The Balaban J connectivity index is 1.98. The van der Waals surface area contributed by atoms with Gasteiger partial charge in [-0.15, -0.1) is 0 Å². The Morgan fingerprint density at radius 3 is 2.64 bits per heavy atom. The number of amides is 2. The van der Waals surface area contributed by atoms with Crippen molar-refractivity contribution in [2.24, 2.45) is 0 Å². The van der Waals surface area contributed by atoms with E-state index in [9.17, 15) is 9.59 Å². The van der Waals surface area contributed by atoms with Crippen LogP contribution in [0, 0.1) is 0 Å². The number of hydrogen-bond donors (Lipinski definition) is 0. The van der Waals surface area contributed by atoms with Crippen molar-refractivity contribution >= 4 is 11.8 Å². The molecule has 1 aromatic heterocycles. The lowest BCUT2D eigenvalue weighted by Crippen LogP contribution is -2.52. The largest absolute Gasteiger partial charge is 0.496 e. The minimum atomic E-state index is -0.262. The second-order valence-corrected chi connectivity index (χ2v) is 5.96. The molecule has 2 heterocycles. The molecule has 0 bridgehead atoms. The van der Waals surface area contributed by atoms with Crippen molar-refractivity contribution in [2.45, 2.75) is 13.0 Å². The molecule has 1 saturated heterocycles. The molecule has 0 aliphatic carbocycles. The van der Waals surface area contributed by atoms with Crippen LogP contribution < -0.4 is 4.74 Å². The number of aromatic nitrogens is 1. The molecule has 0 unspecified atom stereocenters. The molecule has 2 aromatic rings. The number of para-hydroxylation sites is 1. The normalized spacial score (nSPS) is 17.3. The third-order valence-electron chi connectivity index (χ3n) is 4.49. The van der Waals surface area contributed by atoms with Gasteiger partial charge in [0.15, 0.2) is 0 Å². The molecule has 1 aliphatic heterocycles. The van der Waals surface area contributed by atoms with Crippen molar-refractivity contribution in [3.8, 4) is 5.75 Å². The standard InChI is InChI=1S/C19H21N3O3/c1-14(23)21-10-11-22(19(24)15-6-5-9-20-12-15)17(13-21)16-7-3-4-8-18(16)25-2/h3-9,12,17H,10-11,13H2,1-2H3/t17-/m0/s1. The monoisotopic (exact) mass is 339 g/mol. The smallest absolute Gasteiger partial charge is 0.256 e. The van der Waals surface area contributed by atoms with Crippen LogP contribution >= 0.6 is 0 Å². The zero-order valence-corrected chi connectivity index (χ0v) is 14.4. The van der Waals surface area contributed by atoms with Gasteiger partial charge in [-0.1, -0.05) is 18.2 Å². The molecule has 130 valence electrons. The van der Waals surface area contributed by atoms with Gasteiger partial charge in [-0.25, -0.2) is 0 Å². The van der Waals surface area contributed by atoms with E-state index in [2.05, 4.69) is 4.98 Å². The number of hydrogen-bond acceptors (Lipinski definition) is 4. The molecule has 6 heteroatoms. The quantitative estimate of drug-likeness (QED) is 0.859. The first kappa shape index (κ1) is 17.0. The van der Waals surface area contributed by atoms with Gasteiger partial charge in [0.1, 0.15) is 5.75 Å². The van der Waals surface area contributed by atoms with Gasteiger partial charge in [0.05, 0.1) is 18.7 Å². The van der Waals surface area contributed by atoms with E-state index in [0.29, 0.717) is 30.9 Å². The zero-order chi connectivity index (χ0) is 17.8. The highest BCUT2D eigenvalue weighted by Crippen LogP contribution is 2.33. The van der Waals surface area contributed by atoms with E-state index in [1.54, 1.807) is 48.4 Å². The van der Waals surface area contributed by atoms with E-state index in [1.807, 2.05) is 24.3 Å². The maximum Gasteiger partial charge on any atom is 0.256 e. The fourth-order valence-corrected chi connectivity index (χ4v) is 3.18. The summed E-state index contributed by atoms with van der Waals surface area (Å²) in [6.45, 7) is 2.99. The van der Waals surface area contributed by atoms with E-state index in [1.165, 1.54) is 0 Å². The average molecular weight is 339 g/mol. The maximum atomic E-state index is 13.0. The van der Waals surface area contributed by atoms with E-state index in [0.717, 1.165) is 5.56 Å². The predicted molar refractivity (Wildman–Crippen MR) is 93.3 cm³/mol. The third kappa shape index (κ3) is 3.47. The number of benzene rings is 1. The highest BCUT2D eigenvalue weighted by Gasteiger charge is 2.34. The van der Waals surface area contributed by atoms with E-state index < -0.39 is 0 Å². The third-order valence-corrected chi connectivity index (χ3v) is 4.49. The minimum Gasteiger partial charge on any atom is -0.496 e. The first-order valence-electron chi connectivity index (χ1n) is 8.21. The van der Waals surface area contributed by atoms with Crippen LogP contribution in [0.4, 0.5) is 0 Å². The Morgan fingerprint density at radius 2 is 1.96 bits per heavy atom. The number of carbonyl (C=O) groups is 2. The fraction of sp³-hybridized carbons (Fsp3) is 0.316. The summed E-state index contributed by atoms with van der Waals surface area (Å²) in [5.41, 5.74) is 1.44. The molecule has 0 saturated carbocycles. The summed E-state index contributed by atoms with van der Waals surface area (Å²) in [4.78, 5) is 32.5. The van der Waals surface area contributed by atoms with Crippen LogP contribution in [0.5, 0.6) is 5.75 Å². The molecule has 0 radical (unpaired) electrons. The van der Waals surface area contributed by atoms with Crippen LogP contribution in [-0.2, 0) is 4.79 Å². The number of carbonyl (C=O) groups excluding carboxylic acids is 2. The first-order chi connectivity index (χ1) is 12.1. The summed E-state index contributed by atoms with van der Waals surface area (Å²) in [6, 6.07) is 10.9. The minimum absolute atomic E-state index is 0.00775. The summed E-state index contributed by atoms with van der Waals surface area (Å²) in [7, 11) is 1.61. The van der Waals surface area contributed by atoms with Crippen molar-refractivity contribution in [1.82, 2.24) is 14.8 Å².